The third kappa shape index (κ3) is 5.70. The first-order chi connectivity index (χ1) is 27.1. The molecule has 0 amide bonds. The summed E-state index contributed by atoms with van der Waals surface area (Å²) in [6.07, 6.45) is 0. The van der Waals surface area contributed by atoms with Crippen LogP contribution >= 0.6 is 0 Å². The molecule has 0 bridgehead atoms. The summed E-state index contributed by atoms with van der Waals surface area (Å²) in [5, 5.41) is 3.60. The molecule has 0 atom stereocenters. The van der Waals surface area contributed by atoms with Crippen LogP contribution in [0.25, 0.3) is 89.5 Å². The van der Waals surface area contributed by atoms with E-state index in [1.54, 1.807) is 0 Å². The van der Waals surface area contributed by atoms with Crippen molar-refractivity contribution in [2.75, 3.05) is 0 Å². The highest BCUT2D eigenvalue weighted by molar-refractivity contribution is 6.88. The van der Waals surface area contributed by atoms with Gasteiger partial charge in [0, 0.05) is 27.3 Å². The molecule has 0 unspecified atom stereocenters. The zero-order valence-electron chi connectivity index (χ0n) is 32.3. The average molecular weight is 740 g/mol. The van der Waals surface area contributed by atoms with Gasteiger partial charge in [-0.15, -0.1) is 0 Å². The standard InChI is InChI=1S/C51H41N3OSi/c1-51(2)44-30-35(32-21-25-38(26-22-32)56(3,4)5)23-27-39(44)40-28-24-36(31-45(40)51)34-15-11-16-37(29-34)49-52-48(33-13-7-6-8-14-33)53-50(54-49)43-19-12-18-42-41-17-9-10-20-46(41)55-47(42)43/h6-31H,1-5H3. The van der Waals surface area contributed by atoms with Crippen molar-refractivity contribution in [2.24, 2.45) is 0 Å². The first-order valence-electron chi connectivity index (χ1n) is 19.4. The van der Waals surface area contributed by atoms with Crippen LogP contribution in [0.1, 0.15) is 25.0 Å². The van der Waals surface area contributed by atoms with Gasteiger partial charge in [0.05, 0.1) is 13.6 Å². The zero-order valence-corrected chi connectivity index (χ0v) is 33.3. The van der Waals surface area contributed by atoms with Crippen LogP contribution in [-0.4, -0.2) is 23.0 Å². The van der Waals surface area contributed by atoms with E-state index >= 15 is 0 Å². The van der Waals surface area contributed by atoms with Crippen molar-refractivity contribution < 1.29 is 4.42 Å². The Labute approximate surface area is 328 Å². The second-order valence-corrected chi connectivity index (χ2v) is 21.6. The Hall–Kier alpha value is -6.43. The fourth-order valence-corrected chi connectivity index (χ4v) is 9.53. The number of aromatic nitrogens is 3. The van der Waals surface area contributed by atoms with Crippen LogP contribution in [0.4, 0.5) is 0 Å². The van der Waals surface area contributed by atoms with Gasteiger partial charge in [-0.2, -0.15) is 0 Å². The van der Waals surface area contributed by atoms with E-state index in [0.717, 1.165) is 44.2 Å². The van der Waals surface area contributed by atoms with E-state index in [1.165, 1.54) is 44.1 Å². The molecule has 0 fully saturated rings. The first-order valence-corrected chi connectivity index (χ1v) is 22.9. The predicted octanol–water partition coefficient (Wildman–Crippen LogP) is 13.0. The lowest BCUT2D eigenvalue weighted by atomic mass is 9.81. The molecule has 0 aliphatic heterocycles. The highest BCUT2D eigenvalue weighted by Crippen LogP contribution is 2.50. The van der Waals surface area contributed by atoms with Crippen molar-refractivity contribution in [3.05, 3.63) is 169 Å². The summed E-state index contributed by atoms with van der Waals surface area (Å²) >= 11 is 0. The predicted molar refractivity (Wildman–Crippen MR) is 235 cm³/mol. The molecule has 0 radical (unpaired) electrons. The van der Waals surface area contributed by atoms with Crippen LogP contribution in [0.5, 0.6) is 0 Å². The number of nitrogens with zero attached hydrogens (tertiary/aromatic N) is 3. The maximum absolute atomic E-state index is 6.43. The SMILES string of the molecule is CC1(C)c2cc(-c3ccc([Si](C)(C)C)cc3)ccc2-c2ccc(-c3cccc(-c4nc(-c5ccccc5)nc(-c5cccc6c5oc5ccccc56)n4)c3)cc21. The Morgan fingerprint density at radius 3 is 1.68 bits per heavy atom. The van der Waals surface area contributed by atoms with Crippen molar-refractivity contribution in [3.63, 3.8) is 0 Å². The van der Waals surface area contributed by atoms with E-state index < -0.39 is 8.07 Å². The van der Waals surface area contributed by atoms with Crippen molar-refractivity contribution in [1.82, 2.24) is 15.0 Å². The van der Waals surface area contributed by atoms with E-state index in [9.17, 15) is 0 Å². The summed E-state index contributed by atoms with van der Waals surface area (Å²) in [4.78, 5) is 15.2. The average Bonchev–Trinajstić information content (AvgIpc) is 3.72. The molecular formula is C51H41N3OSi. The second kappa shape index (κ2) is 12.8. The molecule has 2 heterocycles. The van der Waals surface area contributed by atoms with Crippen LogP contribution in [0.2, 0.25) is 19.6 Å². The van der Waals surface area contributed by atoms with Crippen molar-refractivity contribution >= 4 is 35.2 Å². The molecule has 4 nitrogen and oxygen atoms in total. The summed E-state index contributed by atoms with van der Waals surface area (Å²) in [7, 11) is -1.36. The molecule has 2 aromatic heterocycles. The minimum absolute atomic E-state index is 0.155. The van der Waals surface area contributed by atoms with Gasteiger partial charge >= 0.3 is 0 Å². The summed E-state index contributed by atoms with van der Waals surface area (Å²) < 4.78 is 6.43. The van der Waals surface area contributed by atoms with Gasteiger partial charge in [-0.1, -0.05) is 166 Å². The number of hydrogen-bond donors (Lipinski definition) is 0. The van der Waals surface area contributed by atoms with Crippen LogP contribution in [0.15, 0.2) is 162 Å². The molecule has 5 heteroatoms. The fourth-order valence-electron chi connectivity index (χ4n) is 8.36. The van der Waals surface area contributed by atoms with Gasteiger partial charge in [-0.05, 0) is 74.8 Å². The number of rotatable bonds is 6. The summed E-state index contributed by atoms with van der Waals surface area (Å²) in [6.45, 7) is 11.9. The molecule has 1 aliphatic rings. The first kappa shape index (κ1) is 34.1. The third-order valence-electron chi connectivity index (χ3n) is 11.5. The van der Waals surface area contributed by atoms with E-state index in [-0.39, 0.29) is 5.41 Å². The molecule has 9 aromatic rings. The van der Waals surface area contributed by atoms with E-state index in [2.05, 4.69) is 131 Å². The molecule has 0 saturated heterocycles. The lowest BCUT2D eigenvalue weighted by Crippen LogP contribution is -2.37. The fraction of sp³-hybridized carbons (Fsp3) is 0.118. The minimum atomic E-state index is -1.36. The molecule has 0 spiro atoms. The van der Waals surface area contributed by atoms with Gasteiger partial charge in [0.2, 0.25) is 0 Å². The Morgan fingerprint density at radius 1 is 0.429 bits per heavy atom. The van der Waals surface area contributed by atoms with Crippen LogP contribution < -0.4 is 5.19 Å². The molecule has 7 aromatic carbocycles. The highest BCUT2D eigenvalue weighted by Gasteiger charge is 2.36. The number of fused-ring (bicyclic) bond motifs is 6. The second-order valence-electron chi connectivity index (χ2n) is 16.5. The highest BCUT2D eigenvalue weighted by atomic mass is 28.3. The topological polar surface area (TPSA) is 51.8 Å². The Morgan fingerprint density at radius 2 is 0.964 bits per heavy atom. The van der Waals surface area contributed by atoms with E-state index in [0.29, 0.717) is 17.5 Å². The van der Waals surface area contributed by atoms with Gasteiger partial charge < -0.3 is 4.42 Å². The van der Waals surface area contributed by atoms with E-state index in [4.69, 9.17) is 19.4 Å². The van der Waals surface area contributed by atoms with Crippen LogP contribution in [0, 0.1) is 0 Å². The third-order valence-corrected chi connectivity index (χ3v) is 13.6. The number of furan rings is 1. The van der Waals surface area contributed by atoms with Crippen molar-refractivity contribution in [1.29, 1.82) is 0 Å². The number of para-hydroxylation sites is 2. The number of hydrogen-bond acceptors (Lipinski definition) is 4. The molecule has 0 saturated carbocycles. The molecule has 1 aliphatic carbocycles. The molecule has 270 valence electrons. The van der Waals surface area contributed by atoms with Crippen molar-refractivity contribution in [3.8, 4) is 67.5 Å². The lowest BCUT2D eigenvalue weighted by Gasteiger charge is -2.23. The van der Waals surface area contributed by atoms with Gasteiger partial charge in [-0.3, -0.25) is 0 Å². The maximum Gasteiger partial charge on any atom is 0.167 e. The molecular weight excluding hydrogens is 699 g/mol. The van der Waals surface area contributed by atoms with Crippen LogP contribution in [0.3, 0.4) is 0 Å². The quantitative estimate of drug-likeness (QED) is 0.159. The number of benzene rings is 7. The summed E-state index contributed by atoms with van der Waals surface area (Å²) in [5.74, 6) is 1.81. The maximum atomic E-state index is 6.43. The minimum Gasteiger partial charge on any atom is -0.455 e. The Bertz CT molecular complexity index is 2970. The Balaban J connectivity index is 1.04. The van der Waals surface area contributed by atoms with Gasteiger partial charge in [-0.25, -0.2) is 15.0 Å². The smallest absolute Gasteiger partial charge is 0.167 e. The zero-order chi connectivity index (χ0) is 38.2. The molecule has 0 N–H and O–H groups in total. The van der Waals surface area contributed by atoms with Crippen molar-refractivity contribution in [2.45, 2.75) is 38.9 Å². The molecule has 56 heavy (non-hydrogen) atoms. The van der Waals surface area contributed by atoms with Crippen LogP contribution in [-0.2, 0) is 5.41 Å². The Kier molecular flexibility index (Phi) is 7.81. The lowest BCUT2D eigenvalue weighted by molar-refractivity contribution is 0.661. The largest absolute Gasteiger partial charge is 0.455 e. The summed E-state index contributed by atoms with van der Waals surface area (Å²) in [5.41, 5.74) is 14.3. The summed E-state index contributed by atoms with van der Waals surface area (Å²) in [6, 6.07) is 56.2. The van der Waals surface area contributed by atoms with E-state index in [1.807, 2.05) is 60.7 Å². The monoisotopic (exact) mass is 739 g/mol. The van der Waals surface area contributed by atoms with Gasteiger partial charge in [0.25, 0.3) is 0 Å². The van der Waals surface area contributed by atoms with Gasteiger partial charge in [0.1, 0.15) is 11.2 Å². The molecule has 10 rings (SSSR count). The normalized spacial score (nSPS) is 13.2. The van der Waals surface area contributed by atoms with Gasteiger partial charge in [0.15, 0.2) is 17.5 Å².